The molecule has 38 heavy (non-hydrogen) atoms. The molecule has 3 saturated carbocycles. The smallest absolute Gasteiger partial charge is 0.192 e. The van der Waals surface area contributed by atoms with E-state index in [0.717, 1.165) is 25.7 Å². The normalized spacial score (nSPS) is 50.0. The molecule has 5 fully saturated rings. The van der Waals surface area contributed by atoms with E-state index < -0.39 is 30.0 Å². The summed E-state index contributed by atoms with van der Waals surface area (Å²) in [5.74, 6) is 0.614. The van der Waals surface area contributed by atoms with Crippen molar-refractivity contribution in [1.82, 2.24) is 0 Å². The Bertz CT molecular complexity index is 983. The van der Waals surface area contributed by atoms with Crippen LogP contribution in [-0.2, 0) is 13.9 Å². The number of aliphatic hydroxyl groups excluding tert-OH is 1. The molecule has 10 atom stereocenters. The average molecular weight is 588 g/mol. The Kier molecular flexibility index (Phi) is 7.02. The van der Waals surface area contributed by atoms with Gasteiger partial charge in [-0.2, -0.15) is 0 Å². The number of halogens is 2. The van der Waals surface area contributed by atoms with Gasteiger partial charge in [-0.05, 0) is 94.2 Å². The van der Waals surface area contributed by atoms with Crippen molar-refractivity contribution in [3.05, 3.63) is 11.6 Å². The van der Waals surface area contributed by atoms with Crippen LogP contribution in [-0.4, -0.2) is 53.4 Å². The van der Waals surface area contributed by atoms with Crippen LogP contribution in [0.2, 0.25) is 18.1 Å². The van der Waals surface area contributed by atoms with Gasteiger partial charge < -0.3 is 19.0 Å². The average Bonchev–Trinajstić information content (AvgIpc) is 3.36. The molecule has 5 rings (SSSR count). The summed E-state index contributed by atoms with van der Waals surface area (Å²) in [5, 5.41) is 11.8. The van der Waals surface area contributed by atoms with E-state index in [1.54, 1.807) is 0 Å². The third-order valence-electron chi connectivity index (χ3n) is 12.1. The zero-order chi connectivity index (χ0) is 28.3. The van der Waals surface area contributed by atoms with Gasteiger partial charge in [0, 0.05) is 12.3 Å². The molecule has 0 aromatic heterocycles. The van der Waals surface area contributed by atoms with E-state index >= 15 is 0 Å². The van der Waals surface area contributed by atoms with Gasteiger partial charge in [0.05, 0.1) is 30.0 Å². The molecule has 2 heterocycles. The highest BCUT2D eigenvalue weighted by Gasteiger charge is 2.76. The summed E-state index contributed by atoms with van der Waals surface area (Å²) in [6.07, 6.45) is 7.24. The van der Waals surface area contributed by atoms with Crippen LogP contribution in [0.3, 0.4) is 0 Å². The van der Waals surface area contributed by atoms with Crippen molar-refractivity contribution in [1.29, 1.82) is 0 Å². The number of ether oxygens (including phenoxy) is 2. The lowest BCUT2D eigenvalue weighted by atomic mass is 9.59. The molecule has 0 radical (unpaired) electrons. The van der Waals surface area contributed by atoms with Gasteiger partial charge in [-0.15, -0.1) is 0 Å². The zero-order valence-electron chi connectivity index (χ0n) is 25.4. The standard InChI is InChI=1S/C31H52Cl2O4Si/c1-19(2)13-21-14-20(3)29(36-21)12-11-27(7)15-22-25(30(18-35-30)31(32,33)17-24(27)29)23(34)16-28(22,8)37-38(9,10)26(4,5)6/h13,20-25,34H,11-12,14-18H2,1-10H3/t20-,21-,22-,23-,24+,25-,27+,28+,29-,30?/m0/s1. The van der Waals surface area contributed by atoms with Gasteiger partial charge in [0.2, 0.25) is 0 Å². The Labute approximate surface area is 242 Å². The Balaban J connectivity index is 1.58. The first-order valence-corrected chi connectivity index (χ1v) is 18.6. The Morgan fingerprint density at radius 2 is 1.71 bits per heavy atom. The van der Waals surface area contributed by atoms with Crippen LogP contribution in [0.25, 0.3) is 0 Å². The fourth-order valence-electron chi connectivity index (χ4n) is 9.11. The number of aliphatic hydroxyl groups is 1. The topological polar surface area (TPSA) is 51.2 Å². The maximum absolute atomic E-state index is 11.7. The molecule has 0 aromatic carbocycles. The summed E-state index contributed by atoms with van der Waals surface area (Å²) in [6.45, 7) is 23.4. The summed E-state index contributed by atoms with van der Waals surface area (Å²) in [6, 6.07) is 0. The fourth-order valence-corrected chi connectivity index (χ4v) is 11.6. The number of rotatable bonds is 3. The molecule has 3 aliphatic carbocycles. The monoisotopic (exact) mass is 586 g/mol. The molecule has 7 heteroatoms. The van der Waals surface area contributed by atoms with Gasteiger partial charge in [0.15, 0.2) is 8.32 Å². The largest absolute Gasteiger partial charge is 0.411 e. The number of hydrogen-bond acceptors (Lipinski definition) is 4. The molecule has 0 aromatic rings. The van der Waals surface area contributed by atoms with Gasteiger partial charge in [-0.25, -0.2) is 0 Å². The molecular formula is C31H52Cl2O4Si. The third kappa shape index (κ3) is 4.34. The van der Waals surface area contributed by atoms with Gasteiger partial charge in [-0.1, -0.05) is 69.5 Å². The summed E-state index contributed by atoms with van der Waals surface area (Å²) < 4.78 is 19.5. The Morgan fingerprint density at radius 1 is 1.08 bits per heavy atom. The SMILES string of the molecule is CC(C)=C[C@H]1C[C@H](C)[C@]2(CC[C@]3(C)C[C@H]4[C@@H]([C@@H](O)C[C@@]4(C)O[Si](C)(C)C(C)(C)C)C4(CO4)C(Cl)(Cl)C[C@H]32)O1. The fraction of sp³-hybridized carbons (Fsp3) is 0.935. The molecule has 2 aliphatic heterocycles. The highest BCUT2D eigenvalue weighted by atomic mass is 35.5. The third-order valence-corrected chi connectivity index (χ3v) is 17.7. The summed E-state index contributed by atoms with van der Waals surface area (Å²) >= 11 is 14.8. The van der Waals surface area contributed by atoms with Crippen molar-refractivity contribution in [3.8, 4) is 0 Å². The van der Waals surface area contributed by atoms with E-state index in [-0.39, 0.29) is 39.9 Å². The predicted octanol–water partition coefficient (Wildman–Crippen LogP) is 8.05. The Hall–Kier alpha value is 0.377. The number of epoxide rings is 1. The van der Waals surface area contributed by atoms with E-state index in [1.165, 1.54) is 5.57 Å². The highest BCUT2D eigenvalue weighted by Crippen LogP contribution is 2.71. The highest BCUT2D eigenvalue weighted by molar-refractivity contribution is 6.74. The first kappa shape index (κ1) is 29.9. The van der Waals surface area contributed by atoms with Crippen LogP contribution >= 0.6 is 23.2 Å². The maximum Gasteiger partial charge on any atom is 0.192 e. The zero-order valence-corrected chi connectivity index (χ0v) is 27.9. The number of allylic oxidation sites excluding steroid dienone is 1. The minimum atomic E-state index is -2.11. The van der Waals surface area contributed by atoms with Gasteiger partial charge in [0.25, 0.3) is 0 Å². The molecule has 218 valence electrons. The van der Waals surface area contributed by atoms with Crippen molar-refractivity contribution >= 4 is 31.5 Å². The summed E-state index contributed by atoms with van der Waals surface area (Å²) in [4.78, 5) is 0. The van der Waals surface area contributed by atoms with Gasteiger partial charge in [-0.3, -0.25) is 0 Å². The molecule has 4 nitrogen and oxygen atoms in total. The molecule has 2 spiro atoms. The second-order valence-corrected chi connectivity index (χ2v) is 22.3. The van der Waals surface area contributed by atoms with Crippen LogP contribution < -0.4 is 0 Å². The summed E-state index contributed by atoms with van der Waals surface area (Å²) in [7, 11) is -2.11. The van der Waals surface area contributed by atoms with Crippen molar-refractivity contribution < 1.29 is 19.0 Å². The minimum Gasteiger partial charge on any atom is -0.411 e. The predicted molar refractivity (Wildman–Crippen MR) is 158 cm³/mol. The second kappa shape index (κ2) is 8.94. The first-order valence-electron chi connectivity index (χ1n) is 14.9. The van der Waals surface area contributed by atoms with Crippen molar-refractivity contribution in [2.75, 3.05) is 6.61 Å². The lowest BCUT2D eigenvalue weighted by Crippen LogP contribution is -2.58. The van der Waals surface area contributed by atoms with Crippen LogP contribution in [0.4, 0.5) is 0 Å². The lowest BCUT2D eigenvalue weighted by Gasteiger charge is -2.53. The van der Waals surface area contributed by atoms with Crippen molar-refractivity contribution in [2.24, 2.45) is 29.1 Å². The van der Waals surface area contributed by atoms with E-state index in [2.05, 4.69) is 74.6 Å². The molecular weight excluding hydrogens is 535 g/mol. The van der Waals surface area contributed by atoms with E-state index in [1.807, 2.05) is 0 Å². The van der Waals surface area contributed by atoms with E-state index in [0.29, 0.717) is 25.4 Å². The maximum atomic E-state index is 11.7. The number of fused-ring (bicyclic) bond motifs is 4. The second-order valence-electron chi connectivity index (χ2n) is 16.1. The van der Waals surface area contributed by atoms with Gasteiger partial charge >= 0.3 is 0 Å². The number of alkyl halides is 2. The van der Waals surface area contributed by atoms with Crippen molar-refractivity contribution in [2.45, 2.75) is 145 Å². The molecule has 1 unspecified atom stereocenters. The van der Waals surface area contributed by atoms with Crippen molar-refractivity contribution in [3.63, 3.8) is 0 Å². The van der Waals surface area contributed by atoms with Gasteiger partial charge in [0.1, 0.15) is 9.93 Å². The first-order chi connectivity index (χ1) is 17.2. The van der Waals surface area contributed by atoms with Crippen LogP contribution in [0.1, 0.15) is 93.9 Å². The van der Waals surface area contributed by atoms with Crippen LogP contribution in [0.5, 0.6) is 0 Å². The van der Waals surface area contributed by atoms with E-state index in [9.17, 15) is 5.11 Å². The number of hydrogen-bond donors (Lipinski definition) is 1. The summed E-state index contributed by atoms with van der Waals surface area (Å²) in [5.41, 5.74) is -0.139. The molecule has 5 aliphatic rings. The van der Waals surface area contributed by atoms with E-state index in [4.69, 9.17) is 37.1 Å². The Morgan fingerprint density at radius 3 is 2.26 bits per heavy atom. The molecule has 0 amide bonds. The minimum absolute atomic E-state index is 0.00924. The quantitative estimate of drug-likeness (QED) is 0.157. The van der Waals surface area contributed by atoms with Crippen LogP contribution in [0, 0.1) is 29.1 Å². The lowest BCUT2D eigenvalue weighted by molar-refractivity contribution is -0.110. The van der Waals surface area contributed by atoms with Crippen LogP contribution in [0.15, 0.2) is 11.6 Å². The molecule has 1 N–H and O–H groups in total. The molecule has 2 saturated heterocycles. The molecule has 0 bridgehead atoms.